The van der Waals surface area contributed by atoms with Crippen molar-refractivity contribution in [1.82, 2.24) is 19.5 Å². The highest BCUT2D eigenvalue weighted by Gasteiger charge is 2.56. The minimum Gasteiger partial charge on any atom is -0.414 e. The first-order chi connectivity index (χ1) is 13.8. The zero-order valence-electron chi connectivity index (χ0n) is 18.3. The van der Waals surface area contributed by atoms with Crippen LogP contribution < -0.4 is 0 Å². The number of aromatic nitrogens is 4. The Hall–Kier alpha value is -0.373. The zero-order chi connectivity index (χ0) is 22.1. The molecule has 2 aliphatic heterocycles. The molecular formula is C19H28ClIN4O4Si. The van der Waals surface area contributed by atoms with E-state index in [4.69, 9.17) is 30.2 Å². The molecule has 0 spiro atoms. The van der Waals surface area contributed by atoms with Gasteiger partial charge in [0.15, 0.2) is 35.0 Å². The van der Waals surface area contributed by atoms with E-state index in [-0.39, 0.29) is 23.4 Å². The van der Waals surface area contributed by atoms with Crippen molar-refractivity contribution in [3.8, 4) is 0 Å². The minimum atomic E-state index is -1.93. The standard InChI is InChI=1S/C19H28ClIN4O4Si/c1-18(2,3)30(6,7)26-8-10-12-13(29-19(4,5)28-12)16(27-10)25-9-22-11-14(20)23-17(21)24-15(11)25/h9-10,12-13,16H,8H2,1-7H3/t10-,12-,13+,16-/m1/s1. The molecule has 0 radical (unpaired) electrons. The Kier molecular flexibility index (Phi) is 5.78. The summed E-state index contributed by atoms with van der Waals surface area (Å²) in [5, 5.41) is 0.432. The second-order valence-electron chi connectivity index (χ2n) is 9.81. The van der Waals surface area contributed by atoms with Gasteiger partial charge in [0.2, 0.25) is 0 Å². The second kappa shape index (κ2) is 7.60. The summed E-state index contributed by atoms with van der Waals surface area (Å²) in [4.78, 5) is 13.1. The van der Waals surface area contributed by atoms with E-state index in [1.807, 2.05) is 41.0 Å². The lowest BCUT2D eigenvalue weighted by atomic mass is 10.1. The fourth-order valence-corrected chi connectivity index (χ4v) is 5.41. The Morgan fingerprint density at radius 3 is 2.57 bits per heavy atom. The third kappa shape index (κ3) is 4.04. The van der Waals surface area contributed by atoms with Crippen molar-refractivity contribution >= 4 is 53.7 Å². The molecule has 2 aromatic rings. The van der Waals surface area contributed by atoms with Crippen LogP contribution in [0.1, 0.15) is 40.8 Å². The van der Waals surface area contributed by atoms with Crippen molar-refractivity contribution in [3.05, 3.63) is 15.3 Å². The fourth-order valence-electron chi connectivity index (χ4n) is 3.57. The molecule has 0 bridgehead atoms. The Labute approximate surface area is 196 Å². The summed E-state index contributed by atoms with van der Waals surface area (Å²) >= 11 is 8.31. The molecular weight excluding hydrogens is 539 g/mol. The lowest BCUT2D eigenvalue weighted by molar-refractivity contribution is -0.199. The maximum Gasteiger partial charge on any atom is 0.194 e. The van der Waals surface area contributed by atoms with Crippen LogP contribution in [0.5, 0.6) is 0 Å². The summed E-state index contributed by atoms with van der Waals surface area (Å²) in [5.74, 6) is -0.704. The van der Waals surface area contributed by atoms with Crippen molar-refractivity contribution in [1.29, 1.82) is 0 Å². The molecule has 4 atom stereocenters. The van der Waals surface area contributed by atoms with E-state index in [2.05, 4.69) is 48.8 Å². The highest BCUT2D eigenvalue weighted by Crippen LogP contribution is 2.45. The number of halogens is 2. The molecule has 2 aliphatic rings. The van der Waals surface area contributed by atoms with Crippen LogP contribution in [0.2, 0.25) is 23.3 Å². The third-order valence-corrected chi connectivity index (χ3v) is 11.4. The number of ether oxygens (including phenoxy) is 3. The second-order valence-corrected chi connectivity index (χ2v) is 15.9. The average Bonchev–Trinajstić information content (AvgIpc) is 3.23. The number of rotatable bonds is 4. The highest BCUT2D eigenvalue weighted by atomic mass is 127. The number of fused-ring (bicyclic) bond motifs is 2. The predicted molar refractivity (Wildman–Crippen MR) is 124 cm³/mol. The van der Waals surface area contributed by atoms with Crippen molar-refractivity contribution in [2.75, 3.05) is 6.61 Å². The highest BCUT2D eigenvalue weighted by molar-refractivity contribution is 14.1. The average molecular weight is 567 g/mol. The lowest BCUT2D eigenvalue weighted by Gasteiger charge is -2.37. The molecule has 0 aliphatic carbocycles. The van der Waals surface area contributed by atoms with Gasteiger partial charge in [-0.1, -0.05) is 32.4 Å². The van der Waals surface area contributed by atoms with E-state index in [1.165, 1.54) is 0 Å². The molecule has 4 rings (SSSR count). The van der Waals surface area contributed by atoms with Crippen LogP contribution in [0.25, 0.3) is 11.2 Å². The maximum atomic E-state index is 6.45. The topological polar surface area (TPSA) is 80.5 Å². The Bertz CT molecular complexity index is 964. The van der Waals surface area contributed by atoms with Gasteiger partial charge in [0.25, 0.3) is 0 Å². The van der Waals surface area contributed by atoms with E-state index < -0.39 is 20.3 Å². The summed E-state index contributed by atoms with van der Waals surface area (Å²) in [5.41, 5.74) is 1.15. The SMILES string of the molecule is CC1(C)O[C@H]2[C@H](O1)[C@@H](CO[Si](C)(C)C(C)(C)C)O[C@H]2n1cnc2c(Cl)nc(I)nc21. The first-order valence-corrected chi connectivity index (χ1v) is 14.4. The van der Waals surface area contributed by atoms with Gasteiger partial charge >= 0.3 is 0 Å². The molecule has 11 heteroatoms. The van der Waals surface area contributed by atoms with E-state index in [0.717, 1.165) is 0 Å². The molecule has 166 valence electrons. The molecule has 0 amide bonds. The summed E-state index contributed by atoms with van der Waals surface area (Å²) in [6.07, 6.45) is 0.413. The van der Waals surface area contributed by atoms with Crippen molar-refractivity contribution < 1.29 is 18.6 Å². The van der Waals surface area contributed by atoms with E-state index in [9.17, 15) is 0 Å². The molecule has 8 nitrogen and oxygen atoms in total. The smallest absolute Gasteiger partial charge is 0.194 e. The van der Waals surface area contributed by atoms with Crippen LogP contribution in [0.3, 0.4) is 0 Å². The predicted octanol–water partition coefficient (Wildman–Crippen LogP) is 4.52. The van der Waals surface area contributed by atoms with Crippen LogP contribution in [0, 0.1) is 3.83 Å². The van der Waals surface area contributed by atoms with Crippen molar-refractivity contribution in [3.63, 3.8) is 0 Å². The normalized spacial score (nSPS) is 29.0. The van der Waals surface area contributed by atoms with Crippen molar-refractivity contribution in [2.45, 2.75) is 83.1 Å². The molecule has 2 fully saturated rings. The summed E-state index contributed by atoms with van der Waals surface area (Å²) in [6, 6.07) is 0. The van der Waals surface area contributed by atoms with Gasteiger partial charge in [-0.2, -0.15) is 0 Å². The summed E-state index contributed by atoms with van der Waals surface area (Å²) in [6.45, 7) is 15.4. The first kappa shape index (κ1) is 22.8. The van der Waals surface area contributed by atoms with Gasteiger partial charge in [0, 0.05) is 22.6 Å². The van der Waals surface area contributed by atoms with E-state index in [1.54, 1.807) is 6.33 Å². The Balaban J connectivity index is 1.64. The van der Waals surface area contributed by atoms with Crippen LogP contribution in [0.4, 0.5) is 0 Å². The third-order valence-electron chi connectivity index (χ3n) is 6.17. The number of hydrogen-bond acceptors (Lipinski definition) is 7. The number of imidazole rings is 1. The quantitative estimate of drug-likeness (QED) is 0.233. The zero-order valence-corrected chi connectivity index (χ0v) is 22.2. The number of hydrogen-bond donors (Lipinski definition) is 0. The number of nitrogens with zero attached hydrogens (tertiary/aromatic N) is 4. The van der Waals surface area contributed by atoms with Gasteiger partial charge in [-0.15, -0.1) is 0 Å². The molecule has 0 N–H and O–H groups in total. The van der Waals surface area contributed by atoms with E-state index in [0.29, 0.717) is 26.8 Å². The molecule has 2 aromatic heterocycles. The largest absolute Gasteiger partial charge is 0.414 e. The molecule has 0 unspecified atom stereocenters. The maximum absolute atomic E-state index is 6.45. The van der Waals surface area contributed by atoms with Gasteiger partial charge < -0.3 is 18.6 Å². The molecule has 2 saturated heterocycles. The van der Waals surface area contributed by atoms with Gasteiger partial charge in [0.1, 0.15) is 23.8 Å². The van der Waals surface area contributed by atoms with E-state index >= 15 is 0 Å². The van der Waals surface area contributed by atoms with Gasteiger partial charge in [-0.3, -0.25) is 4.57 Å². The first-order valence-electron chi connectivity index (χ1n) is 10.00. The minimum absolute atomic E-state index is 0.113. The van der Waals surface area contributed by atoms with Gasteiger partial charge in [-0.05, 0) is 32.0 Å². The lowest BCUT2D eigenvalue weighted by Crippen LogP contribution is -2.44. The monoisotopic (exact) mass is 566 g/mol. The van der Waals surface area contributed by atoms with Crippen LogP contribution in [-0.4, -0.2) is 58.5 Å². The van der Waals surface area contributed by atoms with Crippen molar-refractivity contribution in [2.24, 2.45) is 0 Å². The summed E-state index contributed by atoms with van der Waals surface area (Å²) < 4.78 is 27.7. The van der Waals surface area contributed by atoms with Gasteiger partial charge in [0.05, 0.1) is 12.9 Å². The van der Waals surface area contributed by atoms with Crippen LogP contribution in [0.15, 0.2) is 6.33 Å². The molecule has 0 saturated carbocycles. The summed E-state index contributed by atoms with van der Waals surface area (Å²) in [7, 11) is -1.93. The molecule has 30 heavy (non-hydrogen) atoms. The van der Waals surface area contributed by atoms with Crippen LogP contribution >= 0.6 is 34.2 Å². The fraction of sp³-hybridized carbons (Fsp3) is 0.737. The molecule has 0 aromatic carbocycles. The molecule has 4 heterocycles. The van der Waals surface area contributed by atoms with Crippen LogP contribution in [-0.2, 0) is 18.6 Å². The van der Waals surface area contributed by atoms with Gasteiger partial charge in [-0.25, -0.2) is 15.0 Å². The Morgan fingerprint density at radius 2 is 1.90 bits per heavy atom. The Morgan fingerprint density at radius 1 is 1.23 bits per heavy atom.